The predicted octanol–water partition coefficient (Wildman–Crippen LogP) is 11.2. The Bertz CT molecular complexity index is 2760. The Labute approximate surface area is 314 Å². The minimum absolute atomic E-state index is 0.652. The Balaban J connectivity index is 1.23. The minimum atomic E-state index is 0.652. The van der Waals surface area contributed by atoms with E-state index in [1.54, 1.807) is 0 Å². The highest BCUT2D eigenvalue weighted by atomic mass is 15.5. The number of para-hydroxylation sites is 2. The van der Waals surface area contributed by atoms with Gasteiger partial charge in [-0.2, -0.15) is 0 Å². The van der Waals surface area contributed by atoms with E-state index in [2.05, 4.69) is 196 Å². The predicted molar refractivity (Wildman–Crippen MR) is 222 cm³/mol. The molecular formula is C48H36N6. The second kappa shape index (κ2) is 13.1. The summed E-state index contributed by atoms with van der Waals surface area (Å²) in [6, 6.07) is 62.7. The summed E-state index contributed by atoms with van der Waals surface area (Å²) in [4.78, 5) is 14.3. The van der Waals surface area contributed by atoms with Gasteiger partial charge in [-0.1, -0.05) is 127 Å². The van der Waals surface area contributed by atoms with E-state index in [0.717, 1.165) is 67.7 Å². The van der Waals surface area contributed by atoms with Crippen molar-refractivity contribution in [3.05, 3.63) is 211 Å². The van der Waals surface area contributed by atoms with Crippen LogP contribution in [0.5, 0.6) is 0 Å². The fourth-order valence-corrected chi connectivity index (χ4v) is 8.01. The van der Waals surface area contributed by atoms with Crippen molar-refractivity contribution in [2.45, 2.75) is 0 Å². The lowest BCUT2D eigenvalue weighted by Crippen LogP contribution is -2.25. The molecule has 0 aliphatic carbocycles. The van der Waals surface area contributed by atoms with Gasteiger partial charge in [0.1, 0.15) is 12.5 Å². The van der Waals surface area contributed by atoms with E-state index < -0.39 is 0 Å². The highest BCUT2D eigenvalue weighted by Gasteiger charge is 2.32. The molecule has 0 atom stereocenters. The Morgan fingerprint density at radius 2 is 1.09 bits per heavy atom. The van der Waals surface area contributed by atoms with Crippen molar-refractivity contribution in [2.24, 2.45) is 7.05 Å². The lowest BCUT2D eigenvalue weighted by Gasteiger charge is -2.24. The van der Waals surface area contributed by atoms with Crippen LogP contribution in [-0.2, 0) is 7.05 Å². The van der Waals surface area contributed by atoms with Crippen molar-refractivity contribution in [1.29, 1.82) is 0 Å². The first kappa shape index (κ1) is 31.5. The normalized spacial score (nSPS) is 12.4. The molecule has 0 N–H and O–H groups in total. The zero-order valence-electron chi connectivity index (χ0n) is 29.8. The SMILES string of the molecule is Cn1cnc2c1N(c1cccc(C(=C(c3ccccc3)c3ccccc3)c3ccc4c5ccccc5n(-c5ccccn5)c4c3)c1)CN2c1ccccc1. The molecule has 1 aliphatic rings. The molecule has 54 heavy (non-hydrogen) atoms. The molecule has 6 nitrogen and oxygen atoms in total. The maximum atomic E-state index is 4.85. The molecule has 10 rings (SSSR count). The number of fused-ring (bicyclic) bond motifs is 4. The Kier molecular flexibility index (Phi) is 7.65. The van der Waals surface area contributed by atoms with Crippen LogP contribution >= 0.6 is 0 Å². The topological polar surface area (TPSA) is 42.1 Å². The molecule has 1 aliphatic heterocycles. The summed E-state index contributed by atoms with van der Waals surface area (Å²) in [5, 5.41) is 2.39. The van der Waals surface area contributed by atoms with Crippen molar-refractivity contribution in [3.8, 4) is 5.82 Å². The van der Waals surface area contributed by atoms with Gasteiger partial charge in [0.15, 0.2) is 11.6 Å². The van der Waals surface area contributed by atoms with E-state index in [4.69, 9.17) is 9.97 Å². The van der Waals surface area contributed by atoms with Crippen LogP contribution in [0.25, 0.3) is 38.8 Å². The number of anilines is 4. The van der Waals surface area contributed by atoms with E-state index in [0.29, 0.717) is 6.67 Å². The highest BCUT2D eigenvalue weighted by Crippen LogP contribution is 2.45. The maximum Gasteiger partial charge on any atom is 0.178 e. The summed E-state index contributed by atoms with van der Waals surface area (Å²) in [6.07, 6.45) is 3.77. The van der Waals surface area contributed by atoms with Gasteiger partial charge in [0.25, 0.3) is 0 Å². The Hall–Kier alpha value is -7.18. The summed E-state index contributed by atoms with van der Waals surface area (Å²) in [5.74, 6) is 2.91. The largest absolute Gasteiger partial charge is 0.318 e. The summed E-state index contributed by atoms with van der Waals surface area (Å²) in [7, 11) is 2.07. The van der Waals surface area contributed by atoms with E-state index in [-0.39, 0.29) is 0 Å². The molecule has 3 aromatic heterocycles. The van der Waals surface area contributed by atoms with Gasteiger partial charge in [0.2, 0.25) is 0 Å². The Morgan fingerprint density at radius 3 is 1.83 bits per heavy atom. The lowest BCUT2D eigenvalue weighted by molar-refractivity contribution is 0.862. The molecule has 258 valence electrons. The van der Waals surface area contributed by atoms with Gasteiger partial charge < -0.3 is 14.4 Å². The number of aromatic nitrogens is 4. The van der Waals surface area contributed by atoms with Gasteiger partial charge in [0, 0.05) is 35.4 Å². The van der Waals surface area contributed by atoms with Crippen molar-refractivity contribution < 1.29 is 0 Å². The minimum Gasteiger partial charge on any atom is -0.318 e. The van der Waals surface area contributed by atoms with E-state index in [9.17, 15) is 0 Å². The number of imidazole rings is 1. The van der Waals surface area contributed by atoms with E-state index in [1.165, 1.54) is 16.3 Å². The number of hydrogen-bond donors (Lipinski definition) is 0. The van der Waals surface area contributed by atoms with Gasteiger partial charge in [-0.25, -0.2) is 9.97 Å². The molecule has 0 saturated heterocycles. The molecule has 0 saturated carbocycles. The molecule has 0 amide bonds. The molecule has 9 aromatic rings. The summed E-state index contributed by atoms with van der Waals surface area (Å²) in [6.45, 7) is 0.652. The molecule has 0 bridgehead atoms. The number of pyridine rings is 1. The molecule has 6 aromatic carbocycles. The average molecular weight is 697 g/mol. The van der Waals surface area contributed by atoms with Crippen molar-refractivity contribution >= 4 is 56.0 Å². The number of hydrogen-bond acceptors (Lipinski definition) is 4. The Morgan fingerprint density at radius 1 is 0.481 bits per heavy atom. The first-order valence-electron chi connectivity index (χ1n) is 18.2. The van der Waals surface area contributed by atoms with E-state index >= 15 is 0 Å². The molecule has 4 heterocycles. The first-order chi connectivity index (χ1) is 26.7. The molecule has 0 radical (unpaired) electrons. The number of nitrogens with zero attached hydrogens (tertiary/aromatic N) is 6. The zero-order valence-corrected chi connectivity index (χ0v) is 29.8. The molecule has 6 heteroatoms. The monoisotopic (exact) mass is 696 g/mol. The van der Waals surface area contributed by atoms with Crippen LogP contribution in [0.15, 0.2) is 188 Å². The second-order valence-electron chi connectivity index (χ2n) is 13.6. The van der Waals surface area contributed by atoms with Crippen molar-refractivity contribution in [1.82, 2.24) is 19.1 Å². The standard InChI is InChI=1S/C48H36N6/c1-51-32-50-47-48(51)53(33-52(47)38-21-9-4-10-22-38)39-23-15-20-36(30-39)46(45(34-16-5-2-6-17-34)35-18-7-3-8-19-35)37-27-28-41-40-24-11-12-25-42(40)54(43(41)31-37)44-26-13-14-29-49-44/h2-32H,33H2,1H3. The molecular weight excluding hydrogens is 661 g/mol. The van der Waals surface area contributed by atoms with Gasteiger partial charge in [-0.05, 0) is 81.9 Å². The van der Waals surface area contributed by atoms with Crippen LogP contribution in [0.4, 0.5) is 23.0 Å². The smallest absolute Gasteiger partial charge is 0.178 e. The average Bonchev–Trinajstić information content (AvgIpc) is 3.92. The van der Waals surface area contributed by atoms with Crippen LogP contribution < -0.4 is 9.80 Å². The van der Waals surface area contributed by atoms with Gasteiger partial charge in [-0.15, -0.1) is 0 Å². The number of benzene rings is 6. The molecule has 0 spiro atoms. The van der Waals surface area contributed by atoms with E-state index in [1.807, 2.05) is 18.6 Å². The van der Waals surface area contributed by atoms with Gasteiger partial charge >= 0.3 is 0 Å². The van der Waals surface area contributed by atoms with Crippen molar-refractivity contribution in [3.63, 3.8) is 0 Å². The second-order valence-corrected chi connectivity index (χ2v) is 13.6. The van der Waals surface area contributed by atoms with Crippen LogP contribution in [-0.4, -0.2) is 25.8 Å². The van der Waals surface area contributed by atoms with Gasteiger partial charge in [0.05, 0.1) is 17.4 Å². The van der Waals surface area contributed by atoms with Gasteiger partial charge in [-0.3, -0.25) is 4.57 Å². The summed E-state index contributed by atoms with van der Waals surface area (Å²) in [5.41, 5.74) is 11.3. The van der Waals surface area contributed by atoms with Crippen LogP contribution in [0, 0.1) is 0 Å². The fourth-order valence-electron chi connectivity index (χ4n) is 8.01. The lowest BCUT2D eigenvalue weighted by atomic mass is 9.85. The maximum absolute atomic E-state index is 4.85. The third-order valence-corrected chi connectivity index (χ3v) is 10.4. The summed E-state index contributed by atoms with van der Waals surface area (Å²) < 4.78 is 4.41. The first-order valence-corrected chi connectivity index (χ1v) is 18.2. The van der Waals surface area contributed by atoms with Crippen LogP contribution in [0.3, 0.4) is 0 Å². The molecule has 0 fully saturated rings. The van der Waals surface area contributed by atoms with Crippen LogP contribution in [0.1, 0.15) is 22.3 Å². The quantitative estimate of drug-likeness (QED) is 0.156. The highest BCUT2D eigenvalue weighted by molar-refractivity contribution is 6.12. The third-order valence-electron chi connectivity index (χ3n) is 10.4. The number of aryl methyl sites for hydroxylation is 1. The number of rotatable bonds is 7. The van der Waals surface area contributed by atoms with Crippen molar-refractivity contribution in [2.75, 3.05) is 16.5 Å². The van der Waals surface area contributed by atoms with Crippen LogP contribution in [0.2, 0.25) is 0 Å². The third kappa shape index (κ3) is 5.27. The fraction of sp³-hybridized carbons (Fsp3) is 0.0417. The summed E-state index contributed by atoms with van der Waals surface area (Å²) >= 11 is 0. The zero-order chi connectivity index (χ0) is 36.0. The molecule has 0 unspecified atom stereocenters.